The van der Waals surface area contributed by atoms with Crippen LogP contribution in [0.15, 0.2) is 29.1 Å². The first-order valence-corrected chi connectivity index (χ1v) is 6.55. The molecule has 0 N–H and O–H groups in total. The van der Waals surface area contributed by atoms with Crippen LogP contribution in [-0.2, 0) is 0 Å². The van der Waals surface area contributed by atoms with E-state index < -0.39 is 0 Å². The van der Waals surface area contributed by atoms with E-state index in [0.717, 1.165) is 0 Å². The van der Waals surface area contributed by atoms with Crippen LogP contribution in [0.5, 0.6) is 0 Å². The van der Waals surface area contributed by atoms with Crippen LogP contribution < -0.4 is 9.80 Å². The van der Waals surface area contributed by atoms with Gasteiger partial charge in [-0.1, -0.05) is 0 Å². The molecule has 2 aromatic heterocycles. The summed E-state index contributed by atoms with van der Waals surface area (Å²) in [7, 11) is 5.21. The van der Waals surface area contributed by atoms with Gasteiger partial charge in [0.15, 0.2) is 0 Å². The molecule has 0 bridgehead atoms. The summed E-state index contributed by atoms with van der Waals surface area (Å²) in [5, 5.41) is 0. The maximum atomic E-state index is 12.4. The highest BCUT2D eigenvalue weighted by Crippen LogP contribution is 2.19. The lowest BCUT2D eigenvalue weighted by Gasteiger charge is -2.16. The van der Waals surface area contributed by atoms with Crippen LogP contribution in [0.2, 0.25) is 0 Å². The first kappa shape index (κ1) is 14.3. The van der Waals surface area contributed by atoms with E-state index in [9.17, 15) is 4.79 Å². The Morgan fingerprint density at radius 2 is 1.75 bits per heavy atom. The number of aromatic nitrogens is 4. The Morgan fingerprint density at radius 3 is 2.35 bits per heavy atom. The van der Waals surface area contributed by atoms with Gasteiger partial charge in [-0.15, -0.1) is 0 Å². The molecule has 0 radical (unpaired) electrons. The fraction of sp³-hybridized carbons (Fsp3) is 0.250. The topological polar surface area (TPSA) is 75.1 Å². The van der Waals surface area contributed by atoms with Crippen molar-refractivity contribution in [1.29, 1.82) is 0 Å². The van der Waals surface area contributed by atoms with Gasteiger partial charge in [0.25, 0.3) is 5.91 Å². The third kappa shape index (κ3) is 2.90. The summed E-state index contributed by atoms with van der Waals surface area (Å²) < 4.78 is 0.524. The summed E-state index contributed by atoms with van der Waals surface area (Å²) in [5.74, 6) is 0.460. The van der Waals surface area contributed by atoms with E-state index in [4.69, 9.17) is 0 Å². The first-order chi connectivity index (χ1) is 9.50. The molecule has 1 amide bonds. The van der Waals surface area contributed by atoms with Crippen molar-refractivity contribution >= 4 is 33.7 Å². The average Bonchev–Trinajstić information content (AvgIpc) is 2.47. The molecular formula is C12H13BrN6O. The van der Waals surface area contributed by atoms with E-state index >= 15 is 0 Å². The summed E-state index contributed by atoms with van der Waals surface area (Å²) in [6, 6.07) is 1.69. The number of hydrogen-bond acceptors (Lipinski definition) is 6. The minimum absolute atomic E-state index is 0.263. The van der Waals surface area contributed by atoms with Crippen LogP contribution in [0.1, 0.15) is 10.5 Å². The zero-order valence-electron chi connectivity index (χ0n) is 11.3. The fourth-order valence-corrected chi connectivity index (χ4v) is 1.80. The minimum atomic E-state index is -0.312. The number of anilines is 2. The average molecular weight is 337 g/mol. The summed E-state index contributed by atoms with van der Waals surface area (Å²) in [6.07, 6.45) is 4.70. The van der Waals surface area contributed by atoms with Gasteiger partial charge in [-0.05, 0) is 22.0 Å². The largest absolute Gasteiger partial charge is 0.347 e. The van der Waals surface area contributed by atoms with Gasteiger partial charge in [-0.3, -0.25) is 9.69 Å². The molecule has 7 nitrogen and oxygen atoms in total. The second-order valence-corrected chi connectivity index (χ2v) is 5.03. The molecule has 0 unspecified atom stereocenters. The lowest BCUT2D eigenvalue weighted by Crippen LogP contribution is -2.29. The number of amides is 1. The highest BCUT2D eigenvalue weighted by Gasteiger charge is 2.21. The summed E-state index contributed by atoms with van der Waals surface area (Å²) in [6.45, 7) is 0. The molecule has 0 atom stereocenters. The molecule has 0 aliphatic carbocycles. The molecule has 2 heterocycles. The zero-order valence-corrected chi connectivity index (χ0v) is 12.9. The maximum Gasteiger partial charge on any atom is 0.280 e. The van der Waals surface area contributed by atoms with Gasteiger partial charge in [0.2, 0.25) is 11.9 Å². The summed E-state index contributed by atoms with van der Waals surface area (Å²) >= 11 is 3.29. The highest BCUT2D eigenvalue weighted by atomic mass is 79.9. The van der Waals surface area contributed by atoms with Crippen molar-refractivity contribution in [3.63, 3.8) is 0 Å². The minimum Gasteiger partial charge on any atom is -0.347 e. The summed E-state index contributed by atoms with van der Waals surface area (Å²) in [5.41, 5.74) is 0.263. The van der Waals surface area contributed by atoms with E-state index in [2.05, 4.69) is 35.9 Å². The molecule has 0 spiro atoms. The van der Waals surface area contributed by atoms with Gasteiger partial charge in [-0.2, -0.15) is 0 Å². The van der Waals surface area contributed by atoms with E-state index in [0.29, 0.717) is 16.4 Å². The molecule has 2 aromatic rings. The molecule has 0 aliphatic rings. The lowest BCUT2D eigenvalue weighted by atomic mass is 10.3. The normalized spacial score (nSPS) is 10.2. The molecule has 0 saturated heterocycles. The number of nitrogens with zero attached hydrogens (tertiary/aromatic N) is 6. The molecular weight excluding hydrogens is 324 g/mol. The van der Waals surface area contributed by atoms with Crippen molar-refractivity contribution in [3.05, 3.63) is 34.8 Å². The molecule has 2 rings (SSSR count). The van der Waals surface area contributed by atoms with Gasteiger partial charge < -0.3 is 4.90 Å². The van der Waals surface area contributed by atoms with Crippen molar-refractivity contribution in [1.82, 2.24) is 19.9 Å². The van der Waals surface area contributed by atoms with Crippen LogP contribution in [0.25, 0.3) is 0 Å². The van der Waals surface area contributed by atoms with Crippen molar-refractivity contribution in [3.8, 4) is 0 Å². The van der Waals surface area contributed by atoms with E-state index in [1.54, 1.807) is 36.6 Å². The van der Waals surface area contributed by atoms with Gasteiger partial charge in [0.05, 0.1) is 4.47 Å². The number of hydrogen-bond donors (Lipinski definition) is 0. The standard InChI is InChI=1S/C12H13BrN6O/c1-18(2)12-16-7-8(13)9(17-12)10(20)19(3)11-14-5-4-6-15-11/h4-7H,1-3H3. The van der Waals surface area contributed by atoms with Crippen molar-refractivity contribution in [2.75, 3.05) is 30.9 Å². The SMILES string of the molecule is CN(C)c1ncc(Br)c(C(=O)N(C)c2ncccn2)n1. The van der Waals surface area contributed by atoms with Crippen molar-refractivity contribution in [2.24, 2.45) is 0 Å². The van der Waals surface area contributed by atoms with E-state index in [-0.39, 0.29) is 11.6 Å². The van der Waals surface area contributed by atoms with Crippen LogP contribution in [0.3, 0.4) is 0 Å². The predicted octanol–water partition coefficient (Wildman–Crippen LogP) is 1.37. The molecule has 0 aliphatic heterocycles. The van der Waals surface area contributed by atoms with Crippen molar-refractivity contribution in [2.45, 2.75) is 0 Å². The number of carbonyl (C=O) groups excluding carboxylic acids is 1. The maximum absolute atomic E-state index is 12.4. The monoisotopic (exact) mass is 336 g/mol. The molecule has 20 heavy (non-hydrogen) atoms. The molecule has 8 heteroatoms. The van der Waals surface area contributed by atoms with Gasteiger partial charge >= 0.3 is 0 Å². The van der Waals surface area contributed by atoms with Crippen LogP contribution in [0, 0.1) is 0 Å². The van der Waals surface area contributed by atoms with Gasteiger partial charge in [0, 0.05) is 39.7 Å². The Morgan fingerprint density at radius 1 is 1.10 bits per heavy atom. The van der Waals surface area contributed by atoms with Crippen LogP contribution in [0.4, 0.5) is 11.9 Å². The highest BCUT2D eigenvalue weighted by molar-refractivity contribution is 9.10. The van der Waals surface area contributed by atoms with Crippen molar-refractivity contribution < 1.29 is 4.79 Å². The quantitative estimate of drug-likeness (QED) is 0.842. The zero-order chi connectivity index (χ0) is 14.7. The first-order valence-electron chi connectivity index (χ1n) is 5.75. The second kappa shape index (κ2) is 5.91. The predicted molar refractivity (Wildman–Crippen MR) is 78.8 cm³/mol. The number of rotatable bonds is 3. The van der Waals surface area contributed by atoms with Crippen LogP contribution >= 0.6 is 15.9 Å². The Balaban J connectivity index is 2.36. The molecule has 104 valence electrons. The lowest BCUT2D eigenvalue weighted by molar-refractivity contribution is 0.0986. The van der Waals surface area contributed by atoms with Gasteiger partial charge in [0.1, 0.15) is 5.69 Å². The number of halogens is 1. The Kier molecular flexibility index (Phi) is 4.23. The second-order valence-electron chi connectivity index (χ2n) is 4.17. The third-order valence-electron chi connectivity index (χ3n) is 2.49. The Labute approximate surface area is 124 Å². The van der Waals surface area contributed by atoms with Crippen LogP contribution in [-0.4, -0.2) is 47.0 Å². The molecule has 0 aromatic carbocycles. The number of carbonyl (C=O) groups is 1. The Bertz CT molecular complexity index is 619. The van der Waals surface area contributed by atoms with E-state index in [1.165, 1.54) is 4.90 Å². The third-order valence-corrected chi connectivity index (χ3v) is 3.07. The molecule has 0 saturated carbocycles. The Hall–Kier alpha value is -2.09. The van der Waals surface area contributed by atoms with E-state index in [1.807, 2.05) is 14.1 Å². The fourth-order valence-electron chi connectivity index (χ4n) is 1.44. The molecule has 0 fully saturated rings. The smallest absolute Gasteiger partial charge is 0.280 e. The summed E-state index contributed by atoms with van der Waals surface area (Å²) in [4.78, 5) is 31.9. The van der Waals surface area contributed by atoms with Gasteiger partial charge in [-0.25, -0.2) is 19.9 Å².